The van der Waals surface area contributed by atoms with Gasteiger partial charge in [-0.1, -0.05) is 78.4 Å². The summed E-state index contributed by atoms with van der Waals surface area (Å²) in [7, 11) is 0. The van der Waals surface area contributed by atoms with Gasteiger partial charge in [0.2, 0.25) is 0 Å². The molecule has 0 unspecified atom stereocenters. The molecule has 0 bridgehead atoms. The van der Waals surface area contributed by atoms with E-state index in [9.17, 15) is 0 Å². The summed E-state index contributed by atoms with van der Waals surface area (Å²) in [6.45, 7) is 2.21. The van der Waals surface area contributed by atoms with E-state index < -0.39 is 0 Å². The lowest BCUT2D eigenvalue weighted by Gasteiger charge is -2.34. The van der Waals surface area contributed by atoms with Gasteiger partial charge in [0.25, 0.3) is 0 Å². The van der Waals surface area contributed by atoms with Crippen molar-refractivity contribution in [3.05, 3.63) is 96.6 Å². The number of rotatable bonds is 3. The summed E-state index contributed by atoms with van der Waals surface area (Å²) in [4.78, 5) is 2.47. The minimum Gasteiger partial charge on any atom is -0.334 e. The van der Waals surface area contributed by atoms with Crippen molar-refractivity contribution in [2.75, 3.05) is 4.90 Å². The fourth-order valence-electron chi connectivity index (χ4n) is 3.51. The van der Waals surface area contributed by atoms with Crippen molar-refractivity contribution >= 4 is 22.1 Å². The van der Waals surface area contributed by atoms with Crippen LogP contribution in [0.15, 0.2) is 96.6 Å². The third-order valence-electron chi connectivity index (χ3n) is 4.64. The van der Waals surface area contributed by atoms with E-state index in [1.54, 1.807) is 0 Å². The topological polar surface area (TPSA) is 3.24 Å². The van der Waals surface area contributed by atoms with E-state index in [2.05, 4.69) is 103 Å². The van der Waals surface area contributed by atoms with Crippen molar-refractivity contribution in [2.24, 2.45) is 0 Å². The van der Waals surface area contributed by atoms with Crippen molar-refractivity contribution in [1.29, 1.82) is 0 Å². The van der Waals surface area contributed by atoms with Gasteiger partial charge in [-0.3, -0.25) is 0 Å². The number of hydrogen-bond donors (Lipinski definition) is 0. The van der Waals surface area contributed by atoms with Gasteiger partial charge in [-0.2, -0.15) is 0 Å². The molecule has 0 spiro atoms. The normalized spacial score (nSPS) is 16.9. The molecule has 0 aromatic heterocycles. The Morgan fingerprint density at radius 2 is 1.58 bits per heavy atom. The summed E-state index contributed by atoms with van der Waals surface area (Å²) >= 11 is 0. The highest BCUT2D eigenvalue weighted by atomic mass is 15.2. The smallest absolute Gasteiger partial charge is 0.0562 e. The highest BCUT2D eigenvalue weighted by Gasteiger charge is 2.21. The van der Waals surface area contributed by atoms with Gasteiger partial charge in [-0.05, 0) is 36.9 Å². The van der Waals surface area contributed by atoms with Gasteiger partial charge >= 0.3 is 0 Å². The minimum atomic E-state index is 0.336. The molecule has 0 fully saturated rings. The molecule has 1 aliphatic rings. The van der Waals surface area contributed by atoms with Crippen LogP contribution in [0.4, 0.5) is 11.4 Å². The Bertz CT molecular complexity index is 900. The largest absolute Gasteiger partial charge is 0.334 e. The molecule has 3 aromatic rings. The van der Waals surface area contributed by atoms with Gasteiger partial charge in [0.1, 0.15) is 0 Å². The van der Waals surface area contributed by atoms with Crippen LogP contribution in [0.2, 0.25) is 0 Å². The van der Waals surface area contributed by atoms with Crippen LogP contribution >= 0.6 is 0 Å². The molecule has 3 aromatic carbocycles. The van der Waals surface area contributed by atoms with Crippen molar-refractivity contribution in [1.82, 2.24) is 0 Å². The summed E-state index contributed by atoms with van der Waals surface area (Å²) in [6, 6.07) is 26.2. The van der Waals surface area contributed by atoms with Crippen LogP contribution in [0, 0.1) is 0 Å². The van der Waals surface area contributed by atoms with Gasteiger partial charge in [0, 0.05) is 16.8 Å². The first kappa shape index (κ1) is 14.8. The summed E-state index contributed by atoms with van der Waals surface area (Å²) in [5.41, 5.74) is 3.92. The van der Waals surface area contributed by atoms with Crippen LogP contribution in [0.25, 0.3) is 10.8 Å². The molecule has 0 saturated carbocycles. The Morgan fingerprint density at radius 1 is 0.833 bits per heavy atom. The minimum absolute atomic E-state index is 0.336. The SMILES string of the molecule is CC1=CC=C[C@H](N(c2ccccc2)c2cccc3ccccc23)C1. The third-order valence-corrected chi connectivity index (χ3v) is 4.64. The molecular formula is C23H21N. The summed E-state index contributed by atoms with van der Waals surface area (Å²) in [6.07, 6.45) is 7.75. The van der Waals surface area contributed by atoms with Crippen molar-refractivity contribution < 1.29 is 0 Å². The molecule has 0 saturated heterocycles. The van der Waals surface area contributed by atoms with Crippen LogP contribution < -0.4 is 4.90 Å². The molecule has 1 nitrogen and oxygen atoms in total. The van der Waals surface area contributed by atoms with E-state index in [1.807, 2.05) is 0 Å². The molecular weight excluding hydrogens is 290 g/mol. The maximum absolute atomic E-state index is 2.47. The number of nitrogens with zero attached hydrogens (tertiary/aromatic N) is 1. The maximum Gasteiger partial charge on any atom is 0.0562 e. The van der Waals surface area contributed by atoms with Crippen LogP contribution in [0.3, 0.4) is 0 Å². The lowest BCUT2D eigenvalue weighted by Crippen LogP contribution is -2.30. The van der Waals surface area contributed by atoms with Crippen LogP contribution in [0.1, 0.15) is 13.3 Å². The summed E-state index contributed by atoms with van der Waals surface area (Å²) < 4.78 is 0. The Labute approximate surface area is 143 Å². The molecule has 1 aliphatic carbocycles. The second-order valence-corrected chi connectivity index (χ2v) is 6.37. The number of allylic oxidation sites excluding steroid dienone is 2. The first-order valence-electron chi connectivity index (χ1n) is 8.49. The summed E-state index contributed by atoms with van der Waals surface area (Å²) in [5.74, 6) is 0. The van der Waals surface area contributed by atoms with Crippen LogP contribution in [-0.2, 0) is 0 Å². The first-order valence-corrected chi connectivity index (χ1v) is 8.49. The third kappa shape index (κ3) is 2.74. The molecule has 1 heteroatoms. The number of para-hydroxylation sites is 1. The van der Waals surface area contributed by atoms with E-state index >= 15 is 0 Å². The number of benzene rings is 3. The second kappa shape index (κ2) is 6.37. The van der Waals surface area contributed by atoms with Crippen LogP contribution in [0.5, 0.6) is 0 Å². The van der Waals surface area contributed by atoms with Crippen molar-refractivity contribution in [3.8, 4) is 0 Å². The fraction of sp³-hybridized carbons (Fsp3) is 0.130. The van der Waals surface area contributed by atoms with E-state index in [1.165, 1.54) is 27.7 Å². The monoisotopic (exact) mass is 311 g/mol. The molecule has 0 amide bonds. The molecule has 0 radical (unpaired) electrons. The lowest BCUT2D eigenvalue weighted by atomic mass is 9.98. The zero-order valence-corrected chi connectivity index (χ0v) is 13.9. The zero-order chi connectivity index (χ0) is 16.4. The highest BCUT2D eigenvalue weighted by molar-refractivity contribution is 5.96. The molecule has 0 heterocycles. The highest BCUT2D eigenvalue weighted by Crippen LogP contribution is 2.36. The fourth-order valence-corrected chi connectivity index (χ4v) is 3.51. The first-order chi connectivity index (χ1) is 11.8. The molecule has 24 heavy (non-hydrogen) atoms. The molecule has 4 rings (SSSR count). The van der Waals surface area contributed by atoms with Gasteiger partial charge in [-0.15, -0.1) is 0 Å². The zero-order valence-electron chi connectivity index (χ0n) is 13.9. The predicted molar refractivity (Wildman–Crippen MR) is 104 cm³/mol. The van der Waals surface area contributed by atoms with E-state index in [4.69, 9.17) is 0 Å². The maximum atomic E-state index is 2.47. The summed E-state index contributed by atoms with van der Waals surface area (Å²) in [5, 5.41) is 2.58. The molecule has 118 valence electrons. The second-order valence-electron chi connectivity index (χ2n) is 6.37. The van der Waals surface area contributed by atoms with Crippen molar-refractivity contribution in [2.45, 2.75) is 19.4 Å². The van der Waals surface area contributed by atoms with Crippen LogP contribution in [-0.4, -0.2) is 6.04 Å². The Morgan fingerprint density at radius 3 is 2.42 bits per heavy atom. The number of fused-ring (bicyclic) bond motifs is 1. The Hall–Kier alpha value is -2.80. The average molecular weight is 311 g/mol. The molecule has 0 N–H and O–H groups in total. The van der Waals surface area contributed by atoms with Gasteiger partial charge in [0.15, 0.2) is 0 Å². The predicted octanol–water partition coefficient (Wildman–Crippen LogP) is 6.25. The Balaban J connectivity index is 1.89. The quantitative estimate of drug-likeness (QED) is 0.552. The average Bonchev–Trinajstić information content (AvgIpc) is 2.63. The van der Waals surface area contributed by atoms with Gasteiger partial charge < -0.3 is 4.90 Å². The standard InChI is InChI=1S/C23H21N/c1-18-9-7-14-21(17-18)24(20-12-3-2-4-13-20)23-16-8-11-19-10-5-6-15-22(19)23/h2-16,21H,17H2,1H3/t21-/m0/s1. The van der Waals surface area contributed by atoms with E-state index in [0.717, 1.165) is 6.42 Å². The van der Waals surface area contributed by atoms with Gasteiger partial charge in [0.05, 0.1) is 6.04 Å². The van der Waals surface area contributed by atoms with E-state index in [0.29, 0.717) is 6.04 Å². The van der Waals surface area contributed by atoms with E-state index in [-0.39, 0.29) is 0 Å². The molecule has 0 aliphatic heterocycles. The Kier molecular flexibility index (Phi) is 3.92. The number of anilines is 2. The molecule has 1 atom stereocenters. The number of hydrogen-bond acceptors (Lipinski definition) is 1. The van der Waals surface area contributed by atoms with Gasteiger partial charge in [-0.25, -0.2) is 0 Å². The van der Waals surface area contributed by atoms with Crippen molar-refractivity contribution in [3.63, 3.8) is 0 Å². The lowest BCUT2D eigenvalue weighted by molar-refractivity contribution is 0.759.